The third kappa shape index (κ3) is 25.2. The minimum Gasteiger partial charge on any atom is -0.467 e. The van der Waals surface area contributed by atoms with Crippen LogP contribution in [0.5, 0.6) is 0 Å². The number of nitrogens with two attached hydrogens (primary N) is 1. The number of primary amides is 1. The topological polar surface area (TPSA) is 356 Å². The molecule has 2 aliphatic heterocycles. The Morgan fingerprint density at radius 1 is 0.700 bits per heavy atom. The van der Waals surface area contributed by atoms with Crippen LogP contribution in [0.25, 0.3) is 0 Å². The molecule has 28 heteroatoms. The van der Waals surface area contributed by atoms with Crippen LogP contribution in [0.1, 0.15) is 116 Å². The fourth-order valence-electron chi connectivity index (χ4n) is 12.5. The molecular formula is C72H104N12O16. The summed E-state index contributed by atoms with van der Waals surface area (Å²) in [5, 5.41) is 16.1. The summed E-state index contributed by atoms with van der Waals surface area (Å²) in [5.41, 5.74) is 8.54. The average molecular weight is 1390 g/mol. The van der Waals surface area contributed by atoms with Gasteiger partial charge < -0.3 is 66.4 Å². The molecule has 100 heavy (non-hydrogen) atoms. The van der Waals surface area contributed by atoms with Crippen molar-refractivity contribution >= 4 is 82.6 Å². The first-order chi connectivity index (χ1) is 47.7. The highest BCUT2D eigenvalue weighted by Crippen LogP contribution is 2.30. The molecule has 0 radical (unpaired) electrons. The molecule has 3 aromatic rings. The van der Waals surface area contributed by atoms with Crippen LogP contribution in [-0.4, -0.2) is 215 Å². The number of urea groups is 1. The van der Waals surface area contributed by atoms with Crippen LogP contribution in [0.3, 0.4) is 0 Å². The van der Waals surface area contributed by atoms with E-state index in [9.17, 15) is 57.5 Å². The third-order valence-corrected chi connectivity index (χ3v) is 18.4. The van der Waals surface area contributed by atoms with E-state index in [1.165, 1.54) is 38.4 Å². The maximum Gasteiger partial charge on any atom is 0.414 e. The second kappa shape index (κ2) is 41.3. The number of carbonyl (C=O) groups excluding carboxylic acids is 12. The highest BCUT2D eigenvalue weighted by Gasteiger charge is 2.43. The van der Waals surface area contributed by atoms with Crippen molar-refractivity contribution in [3.63, 3.8) is 0 Å². The number of unbranched alkanes of at least 4 members (excludes halogenated alkanes) is 2. The Balaban J connectivity index is 1.07. The van der Waals surface area contributed by atoms with Crippen molar-refractivity contribution in [2.24, 2.45) is 23.5 Å². The summed E-state index contributed by atoms with van der Waals surface area (Å²) < 4.78 is 22.6. The molecular weight excluding hydrogens is 1290 g/mol. The Hall–Kier alpha value is -9.28. The monoisotopic (exact) mass is 1390 g/mol. The van der Waals surface area contributed by atoms with Crippen molar-refractivity contribution in [3.05, 3.63) is 108 Å². The highest BCUT2D eigenvalue weighted by molar-refractivity contribution is 6.12. The number of nitrogens with one attached hydrogen (secondary N) is 6. The van der Waals surface area contributed by atoms with E-state index >= 15 is 0 Å². The minimum atomic E-state index is -1.05. The van der Waals surface area contributed by atoms with Gasteiger partial charge in [0.1, 0.15) is 18.7 Å². The molecule has 1 saturated heterocycles. The Morgan fingerprint density at radius 2 is 1.37 bits per heavy atom. The van der Waals surface area contributed by atoms with Crippen molar-refractivity contribution in [2.45, 2.75) is 161 Å². The fraction of sp³-hybridized carbons (Fsp3) is 0.556. The van der Waals surface area contributed by atoms with Crippen molar-refractivity contribution in [1.82, 2.24) is 46.2 Å². The van der Waals surface area contributed by atoms with Gasteiger partial charge in [0.15, 0.2) is 0 Å². The Morgan fingerprint density at radius 3 is 1.99 bits per heavy atom. The van der Waals surface area contributed by atoms with Crippen LogP contribution in [0.2, 0.25) is 0 Å². The predicted octanol–water partition coefficient (Wildman–Crippen LogP) is 4.37. The Kier molecular flexibility index (Phi) is 33.6. The Bertz CT molecular complexity index is 3250. The normalized spacial score (nSPS) is 15.9. The molecule has 0 saturated carbocycles. The first-order valence-electron chi connectivity index (χ1n) is 34.2. The minimum absolute atomic E-state index is 0.0614. The standard InChI is InChI=1S/C72H104N12O16/c1-12-47(4)65(57(97-9)42-62(89)83-39-20-24-56(83)66(98-10)48(5)67(91)79-55(70(94)99-11)41-50-21-15-13-16-22-50)82(8)63(90)44-76-69(93)64(46(2)3)80(6)40-36-49-28-32-53(33-29-49)81(7)72(96)100-45-51-26-30-52(31-27-51)77-68(92)54(23-19-37-74-71(73)95)78-59(86)43-75-58(85)25-17-14-18-38-84-60(87)34-35-61(84)88/h13,15-16,21-22,26-35,46-48,54-57,64-66H,12,14,17-20,23-25,36-45H2,1-11H3,(H,75,85)(H,76,93)(H,77,92)(H,78,86)(H,79,91)(H3,73,74,95)/t47-,48+,54-,55-,56-,57+,64?,65-,66+/m0/s1. The van der Waals surface area contributed by atoms with E-state index in [-0.39, 0.29) is 106 Å². The largest absolute Gasteiger partial charge is 0.467 e. The van der Waals surface area contributed by atoms with Gasteiger partial charge in [0.25, 0.3) is 11.8 Å². The zero-order valence-corrected chi connectivity index (χ0v) is 59.7. The predicted molar refractivity (Wildman–Crippen MR) is 374 cm³/mol. The molecule has 0 aliphatic carbocycles. The van der Waals surface area contributed by atoms with E-state index in [0.29, 0.717) is 75.0 Å². The summed E-state index contributed by atoms with van der Waals surface area (Å²) in [4.78, 5) is 164. The molecule has 0 bridgehead atoms. The van der Waals surface area contributed by atoms with Gasteiger partial charge >= 0.3 is 18.1 Å². The van der Waals surface area contributed by atoms with Crippen molar-refractivity contribution in [3.8, 4) is 0 Å². The lowest BCUT2D eigenvalue weighted by atomic mass is 9.90. The van der Waals surface area contributed by atoms with Gasteiger partial charge in [0.05, 0.1) is 62.9 Å². The van der Waals surface area contributed by atoms with Crippen LogP contribution in [0.4, 0.5) is 21.0 Å². The van der Waals surface area contributed by atoms with E-state index in [1.807, 2.05) is 82.1 Å². The average Bonchev–Trinajstić information content (AvgIpc) is 1.58. The van der Waals surface area contributed by atoms with Gasteiger partial charge in [0, 0.05) is 90.9 Å². The van der Waals surface area contributed by atoms with Crippen molar-refractivity contribution < 1.29 is 76.5 Å². The lowest BCUT2D eigenvalue weighted by Gasteiger charge is -2.39. The molecule has 2 aliphatic rings. The van der Waals surface area contributed by atoms with Gasteiger partial charge in [-0.2, -0.15) is 0 Å². The van der Waals surface area contributed by atoms with Crippen molar-refractivity contribution in [2.75, 3.05) is 92.0 Å². The van der Waals surface area contributed by atoms with Gasteiger partial charge in [-0.05, 0) is 105 Å². The number of carbonyl (C=O) groups is 12. The van der Waals surface area contributed by atoms with E-state index in [0.717, 1.165) is 16.0 Å². The summed E-state index contributed by atoms with van der Waals surface area (Å²) in [7, 11) is 9.37. The molecule has 8 N–H and O–H groups in total. The molecule has 548 valence electrons. The van der Waals surface area contributed by atoms with E-state index in [4.69, 9.17) is 24.7 Å². The van der Waals surface area contributed by atoms with E-state index < -0.39 is 90.7 Å². The van der Waals surface area contributed by atoms with Gasteiger partial charge in [-0.25, -0.2) is 14.4 Å². The number of benzene rings is 3. The van der Waals surface area contributed by atoms with Gasteiger partial charge in [-0.1, -0.05) is 102 Å². The van der Waals surface area contributed by atoms with Crippen molar-refractivity contribution in [1.29, 1.82) is 0 Å². The lowest BCUT2D eigenvalue weighted by Crippen LogP contribution is -2.55. The quantitative estimate of drug-likeness (QED) is 0.0236. The zero-order valence-electron chi connectivity index (χ0n) is 59.7. The number of imide groups is 1. The summed E-state index contributed by atoms with van der Waals surface area (Å²) in [5.74, 6) is -5.21. The molecule has 0 spiro atoms. The molecule has 1 unspecified atom stereocenters. The number of hydrogen-bond donors (Lipinski definition) is 7. The number of amides is 12. The number of methoxy groups -OCH3 is 3. The number of likely N-dealkylation sites (tertiary alicyclic amines) is 1. The summed E-state index contributed by atoms with van der Waals surface area (Å²) in [6.45, 7) is 10.1. The molecule has 1 fully saturated rings. The lowest BCUT2D eigenvalue weighted by molar-refractivity contribution is -0.148. The summed E-state index contributed by atoms with van der Waals surface area (Å²) in [6.07, 6.45) is 5.10. The van der Waals surface area contributed by atoms with Crippen LogP contribution in [-0.2, 0) is 86.3 Å². The number of anilines is 2. The van der Waals surface area contributed by atoms with E-state index in [1.54, 1.807) is 67.2 Å². The SMILES string of the molecule is CC[C@H](C)[C@@H]([C@@H](CC(=O)N1CCC[C@H]1[C@H](OC)[C@@H](C)C(=O)N[C@@H](Cc1ccccc1)C(=O)OC)OC)N(C)C(=O)CNC(=O)C(C(C)C)N(C)CCc1ccc(N(C)C(=O)OCc2ccc(NC(=O)[C@H](CCCNC(N)=O)NC(=O)CNC(=O)CCCCCN3C(=O)C=CC3=O)cc2)cc1. The number of hydrogen-bond acceptors (Lipinski definition) is 17. The summed E-state index contributed by atoms with van der Waals surface area (Å²) in [6, 6.07) is 18.9. The Labute approximate surface area is 586 Å². The highest BCUT2D eigenvalue weighted by atomic mass is 16.6. The molecule has 2 heterocycles. The van der Waals surface area contributed by atoms with Crippen LogP contribution in [0, 0.1) is 17.8 Å². The molecule has 9 atom stereocenters. The third-order valence-electron chi connectivity index (χ3n) is 18.4. The first-order valence-corrected chi connectivity index (χ1v) is 34.2. The fourth-order valence-corrected chi connectivity index (χ4v) is 12.5. The van der Waals surface area contributed by atoms with Crippen LogP contribution < -0.4 is 42.5 Å². The number of likely N-dealkylation sites (N-methyl/N-ethyl adjacent to an activating group) is 2. The summed E-state index contributed by atoms with van der Waals surface area (Å²) >= 11 is 0. The smallest absolute Gasteiger partial charge is 0.414 e. The molecule has 12 amide bonds. The van der Waals surface area contributed by atoms with Crippen LogP contribution in [0.15, 0.2) is 91.0 Å². The van der Waals surface area contributed by atoms with Gasteiger partial charge in [-0.3, -0.25) is 57.9 Å². The number of nitrogens with zero attached hydrogens (tertiary/aromatic N) is 5. The maximum absolute atomic E-state index is 14.4. The van der Waals surface area contributed by atoms with Crippen LogP contribution >= 0.6 is 0 Å². The second-order valence-electron chi connectivity index (χ2n) is 25.8. The number of esters is 1. The van der Waals surface area contributed by atoms with Gasteiger partial charge in [0.2, 0.25) is 41.4 Å². The second-order valence-corrected chi connectivity index (χ2v) is 25.8. The maximum atomic E-state index is 14.4. The molecule has 5 rings (SSSR count). The molecule has 0 aromatic heterocycles. The number of rotatable bonds is 41. The van der Waals surface area contributed by atoms with E-state index in [2.05, 4.69) is 31.9 Å². The first kappa shape index (κ1) is 81.4. The zero-order chi connectivity index (χ0) is 73.6. The molecule has 28 nitrogen and oxygen atoms in total. The number of ether oxygens (including phenoxy) is 4. The molecule has 3 aromatic carbocycles. The van der Waals surface area contributed by atoms with Gasteiger partial charge in [-0.15, -0.1) is 0 Å².